The van der Waals surface area contributed by atoms with E-state index >= 15 is 0 Å². The first-order valence-electron chi connectivity index (χ1n) is 12.2. The van der Waals surface area contributed by atoms with Crippen LogP contribution >= 0.6 is 11.6 Å². The van der Waals surface area contributed by atoms with E-state index in [-0.39, 0.29) is 29.9 Å². The van der Waals surface area contributed by atoms with Crippen LogP contribution in [0, 0.1) is 60.5 Å². The molecule has 0 bridgehead atoms. The van der Waals surface area contributed by atoms with E-state index in [2.05, 4.69) is 48.4 Å². The Morgan fingerprint density at radius 2 is 1.86 bits per heavy atom. The van der Waals surface area contributed by atoms with E-state index in [0.29, 0.717) is 41.0 Å². The summed E-state index contributed by atoms with van der Waals surface area (Å²) >= 11 is 6.33. The molecule has 1 heterocycles. The molecule has 0 saturated carbocycles. The Balaban J connectivity index is 2.17. The van der Waals surface area contributed by atoms with E-state index in [9.17, 15) is 14.0 Å². The van der Waals surface area contributed by atoms with Crippen molar-refractivity contribution in [2.24, 2.45) is 28.7 Å². The molecule has 1 aromatic heterocycles. The molecule has 36 heavy (non-hydrogen) atoms. The molecule has 0 spiro atoms. The minimum absolute atomic E-state index is 0.0557. The fourth-order valence-electron chi connectivity index (χ4n) is 4.46. The number of aliphatic imine (C=N–C) groups is 1. The zero-order valence-corrected chi connectivity index (χ0v) is 22.2. The fourth-order valence-corrected chi connectivity index (χ4v) is 4.73. The number of rotatable bonds is 13. The topological polar surface area (TPSA) is 61.1 Å². The Bertz CT molecular complexity index is 1120. The van der Waals surface area contributed by atoms with Gasteiger partial charge in [-0.3, -0.25) is 0 Å². The van der Waals surface area contributed by atoms with Gasteiger partial charge in [0, 0.05) is 18.3 Å². The van der Waals surface area contributed by atoms with Crippen LogP contribution in [-0.4, -0.2) is 11.2 Å². The highest BCUT2D eigenvalue weighted by atomic mass is 35.5. The number of anilines is 1. The van der Waals surface area contributed by atoms with Crippen LogP contribution < -0.4 is 5.32 Å². The van der Waals surface area contributed by atoms with E-state index in [1.165, 1.54) is 12.1 Å². The molecule has 0 fully saturated rings. The molecule has 0 radical (unpaired) electrons. The predicted molar refractivity (Wildman–Crippen MR) is 146 cm³/mol. The maximum atomic E-state index is 14.2. The van der Waals surface area contributed by atoms with Crippen molar-refractivity contribution in [3.05, 3.63) is 76.9 Å². The van der Waals surface area contributed by atoms with E-state index in [0.717, 1.165) is 12.0 Å². The fraction of sp³-hybridized carbons (Fsp3) is 0.414. The first-order valence-corrected chi connectivity index (χ1v) is 12.6. The summed E-state index contributed by atoms with van der Waals surface area (Å²) in [6, 6.07) is 6.70. The third-order valence-corrected chi connectivity index (χ3v) is 6.97. The van der Waals surface area contributed by atoms with Gasteiger partial charge in [-0.2, -0.15) is 5.26 Å². The standard InChI is InChI=1S/C29H35ClF2N4/c1-7-10-22(16-33)23(9-3)20(6)21(8-2)11-12-34-28-19(5)15-25(30)29(36-28)35-17-24-26(31)13-18(4)14-27(24)32/h7,9,12-15,20-23H,1,3,8,10-11,17H2,2,4-6H3,(H,35,36)/b34-12+/t20-,21?,22?,23+/m1/s1. The molecule has 0 aliphatic carbocycles. The van der Waals surface area contributed by atoms with Crippen LogP contribution in [-0.2, 0) is 6.54 Å². The largest absolute Gasteiger partial charge is 0.364 e. The number of hydrogen-bond acceptors (Lipinski definition) is 4. The lowest BCUT2D eigenvalue weighted by Gasteiger charge is -2.30. The van der Waals surface area contributed by atoms with Crippen LogP contribution in [0.1, 0.15) is 49.8 Å². The van der Waals surface area contributed by atoms with Gasteiger partial charge in [0.15, 0.2) is 5.82 Å². The summed E-state index contributed by atoms with van der Waals surface area (Å²) in [6.07, 6.45) is 7.76. The lowest BCUT2D eigenvalue weighted by molar-refractivity contribution is 0.245. The highest BCUT2D eigenvalue weighted by Gasteiger charge is 2.28. The molecule has 0 aliphatic rings. The Morgan fingerprint density at radius 1 is 1.19 bits per heavy atom. The molecule has 0 saturated heterocycles. The van der Waals surface area contributed by atoms with Gasteiger partial charge in [-0.1, -0.05) is 44.0 Å². The van der Waals surface area contributed by atoms with Gasteiger partial charge in [0.2, 0.25) is 0 Å². The molecule has 4 atom stereocenters. The zero-order valence-electron chi connectivity index (χ0n) is 21.5. The summed E-state index contributed by atoms with van der Waals surface area (Å²) < 4.78 is 28.4. The van der Waals surface area contributed by atoms with Crippen molar-refractivity contribution in [2.45, 2.75) is 53.5 Å². The Kier molecular flexibility index (Phi) is 11.3. The van der Waals surface area contributed by atoms with Crippen molar-refractivity contribution in [2.75, 3.05) is 5.32 Å². The van der Waals surface area contributed by atoms with Crippen LogP contribution in [0.5, 0.6) is 0 Å². The van der Waals surface area contributed by atoms with Gasteiger partial charge in [-0.15, -0.1) is 13.2 Å². The second-order valence-electron chi connectivity index (χ2n) is 9.17. The van der Waals surface area contributed by atoms with E-state index in [1.807, 2.05) is 19.2 Å². The second kappa shape index (κ2) is 13.9. The van der Waals surface area contributed by atoms with Gasteiger partial charge >= 0.3 is 0 Å². The zero-order chi connectivity index (χ0) is 26.8. The van der Waals surface area contributed by atoms with E-state index in [4.69, 9.17) is 11.6 Å². The van der Waals surface area contributed by atoms with Gasteiger partial charge in [-0.25, -0.2) is 18.8 Å². The Hall–Kier alpha value is -3.04. The molecule has 1 N–H and O–H groups in total. The van der Waals surface area contributed by atoms with Gasteiger partial charge < -0.3 is 5.32 Å². The number of allylic oxidation sites excluding steroid dienone is 2. The number of halogens is 3. The second-order valence-corrected chi connectivity index (χ2v) is 9.58. The summed E-state index contributed by atoms with van der Waals surface area (Å²) in [7, 11) is 0. The molecule has 2 aromatic rings. The third kappa shape index (κ3) is 7.48. The molecule has 0 aliphatic heterocycles. The number of hydrogen-bond donors (Lipinski definition) is 1. The molecule has 7 heteroatoms. The number of aromatic nitrogens is 1. The minimum Gasteiger partial charge on any atom is -0.364 e. The average Bonchev–Trinajstić information content (AvgIpc) is 2.82. The molecular weight excluding hydrogens is 478 g/mol. The molecule has 2 rings (SSSR count). The first-order chi connectivity index (χ1) is 17.2. The van der Waals surface area contributed by atoms with Crippen molar-refractivity contribution < 1.29 is 8.78 Å². The van der Waals surface area contributed by atoms with Gasteiger partial charge in [0.05, 0.1) is 17.0 Å². The van der Waals surface area contributed by atoms with Crippen molar-refractivity contribution >= 4 is 29.5 Å². The summed E-state index contributed by atoms with van der Waals surface area (Å²) in [4.78, 5) is 9.07. The number of nitrogens with zero attached hydrogens (tertiary/aromatic N) is 3. The van der Waals surface area contributed by atoms with Crippen LogP contribution in [0.2, 0.25) is 5.02 Å². The minimum atomic E-state index is -0.620. The maximum Gasteiger partial charge on any atom is 0.156 e. The molecule has 0 amide bonds. The lowest BCUT2D eigenvalue weighted by atomic mass is 9.73. The monoisotopic (exact) mass is 512 g/mol. The quantitative estimate of drug-likeness (QED) is 0.216. The lowest BCUT2D eigenvalue weighted by Crippen LogP contribution is -2.25. The molecule has 1 aromatic carbocycles. The number of pyridine rings is 1. The maximum absolute atomic E-state index is 14.2. The van der Waals surface area contributed by atoms with Crippen LogP contribution in [0.3, 0.4) is 0 Å². The number of benzene rings is 1. The Morgan fingerprint density at radius 3 is 2.42 bits per heavy atom. The van der Waals surface area contributed by atoms with Gasteiger partial charge in [0.1, 0.15) is 17.5 Å². The predicted octanol–water partition coefficient (Wildman–Crippen LogP) is 8.51. The normalized spacial score (nSPS) is 14.6. The van der Waals surface area contributed by atoms with Crippen LogP contribution in [0.4, 0.5) is 20.4 Å². The van der Waals surface area contributed by atoms with Crippen molar-refractivity contribution in [1.82, 2.24) is 4.98 Å². The number of nitrogens with one attached hydrogen (secondary N) is 1. The number of aryl methyl sites for hydroxylation is 2. The first kappa shape index (κ1) is 29.2. The average molecular weight is 513 g/mol. The van der Waals surface area contributed by atoms with Crippen LogP contribution in [0.15, 0.2) is 48.5 Å². The highest BCUT2D eigenvalue weighted by molar-refractivity contribution is 6.33. The summed E-state index contributed by atoms with van der Waals surface area (Å²) in [5, 5.41) is 12.9. The Labute approximate surface area is 218 Å². The third-order valence-electron chi connectivity index (χ3n) is 6.68. The smallest absolute Gasteiger partial charge is 0.156 e. The summed E-state index contributed by atoms with van der Waals surface area (Å²) in [5.74, 6) is -0.0117. The van der Waals surface area contributed by atoms with Crippen LogP contribution in [0.25, 0.3) is 0 Å². The molecule has 192 valence electrons. The van der Waals surface area contributed by atoms with Crippen molar-refractivity contribution in [1.29, 1.82) is 5.26 Å². The molecule has 2 unspecified atom stereocenters. The van der Waals surface area contributed by atoms with E-state index < -0.39 is 11.6 Å². The number of nitriles is 1. The highest BCUT2D eigenvalue weighted by Crippen LogP contribution is 2.34. The SMILES string of the molecule is C=CCC(C#N)[C@@H](C=C)[C@H](C)C(CC)C/C=N/c1nc(NCc2c(F)cc(C)cc2F)c(Cl)cc1C. The van der Waals surface area contributed by atoms with Gasteiger partial charge in [-0.05, 0) is 73.8 Å². The summed E-state index contributed by atoms with van der Waals surface area (Å²) in [5.41, 5.74) is 1.22. The molecular formula is C29H35ClF2N4. The molecule has 4 nitrogen and oxygen atoms in total. The van der Waals surface area contributed by atoms with Crippen molar-refractivity contribution in [3.63, 3.8) is 0 Å². The summed E-state index contributed by atoms with van der Waals surface area (Å²) in [6.45, 7) is 15.4. The van der Waals surface area contributed by atoms with Crippen molar-refractivity contribution in [3.8, 4) is 6.07 Å². The van der Waals surface area contributed by atoms with E-state index in [1.54, 1.807) is 19.1 Å². The van der Waals surface area contributed by atoms with Gasteiger partial charge in [0.25, 0.3) is 0 Å².